The number of nitrogens with one attached hydrogen (secondary N) is 1. The Morgan fingerprint density at radius 1 is 1.47 bits per heavy atom. The van der Waals surface area contributed by atoms with Gasteiger partial charge in [0.25, 0.3) is 5.69 Å². The van der Waals surface area contributed by atoms with Gasteiger partial charge in [-0.05, 0) is 12.1 Å². The zero-order valence-electron chi connectivity index (χ0n) is 7.48. The molecular formula is C9H6ClN3O2. The second-order valence-electron chi connectivity index (χ2n) is 2.86. The van der Waals surface area contributed by atoms with Crippen molar-refractivity contribution in [3.63, 3.8) is 0 Å². The molecular weight excluding hydrogens is 218 g/mol. The molecule has 0 bridgehead atoms. The number of nitro groups is 1. The van der Waals surface area contributed by atoms with Gasteiger partial charge < -0.3 is 4.98 Å². The van der Waals surface area contributed by atoms with Crippen LogP contribution in [0.15, 0.2) is 30.6 Å². The van der Waals surface area contributed by atoms with E-state index in [1.54, 1.807) is 18.5 Å². The number of H-pyrrole nitrogens is 1. The van der Waals surface area contributed by atoms with Gasteiger partial charge in [0.05, 0.1) is 4.92 Å². The highest BCUT2D eigenvalue weighted by Gasteiger charge is 2.13. The van der Waals surface area contributed by atoms with Crippen molar-refractivity contribution in [3.8, 4) is 11.4 Å². The van der Waals surface area contributed by atoms with Gasteiger partial charge in [0.1, 0.15) is 10.8 Å². The number of hydrogen-bond acceptors (Lipinski definition) is 3. The lowest BCUT2D eigenvalue weighted by atomic mass is 10.2. The molecule has 2 rings (SSSR count). The first kappa shape index (κ1) is 9.67. The molecule has 1 N–H and O–H groups in total. The first-order chi connectivity index (χ1) is 7.18. The van der Waals surface area contributed by atoms with Gasteiger partial charge in [0.15, 0.2) is 0 Å². The van der Waals surface area contributed by atoms with Crippen molar-refractivity contribution >= 4 is 17.3 Å². The summed E-state index contributed by atoms with van der Waals surface area (Å²) in [5.41, 5.74) is 0.613. The summed E-state index contributed by atoms with van der Waals surface area (Å²) in [5, 5.41) is 10.6. The fourth-order valence-corrected chi connectivity index (χ4v) is 1.47. The van der Waals surface area contributed by atoms with Crippen LogP contribution in [0.1, 0.15) is 0 Å². The third kappa shape index (κ3) is 1.82. The maximum absolute atomic E-state index is 10.5. The standard InChI is InChI=1S/C9H6ClN3O2/c10-7-5-6(9-11-3-4-12-9)1-2-8(7)13(14)15/h1-5H,(H,11,12). The molecule has 1 heterocycles. The summed E-state index contributed by atoms with van der Waals surface area (Å²) in [4.78, 5) is 16.9. The van der Waals surface area contributed by atoms with E-state index >= 15 is 0 Å². The molecule has 0 amide bonds. The molecule has 0 aliphatic rings. The Hall–Kier alpha value is -1.88. The molecule has 0 spiro atoms. The maximum Gasteiger partial charge on any atom is 0.287 e. The van der Waals surface area contributed by atoms with Crippen molar-refractivity contribution in [1.29, 1.82) is 0 Å². The van der Waals surface area contributed by atoms with Gasteiger partial charge in [-0.1, -0.05) is 11.6 Å². The van der Waals surface area contributed by atoms with E-state index in [1.807, 2.05) is 0 Å². The summed E-state index contributed by atoms with van der Waals surface area (Å²) in [6, 6.07) is 4.47. The maximum atomic E-state index is 10.5. The van der Waals surface area contributed by atoms with Gasteiger partial charge in [0.2, 0.25) is 0 Å². The fraction of sp³-hybridized carbons (Fsp3) is 0. The monoisotopic (exact) mass is 223 g/mol. The molecule has 0 aliphatic heterocycles. The lowest BCUT2D eigenvalue weighted by Crippen LogP contribution is -1.89. The normalized spacial score (nSPS) is 10.2. The van der Waals surface area contributed by atoms with Crippen LogP contribution in [0, 0.1) is 10.1 Å². The number of halogens is 1. The zero-order valence-corrected chi connectivity index (χ0v) is 8.23. The average molecular weight is 224 g/mol. The number of rotatable bonds is 2. The lowest BCUT2D eigenvalue weighted by molar-refractivity contribution is -0.384. The molecule has 0 saturated heterocycles. The van der Waals surface area contributed by atoms with Gasteiger partial charge in [0, 0.05) is 24.0 Å². The minimum Gasteiger partial charge on any atom is -0.345 e. The molecule has 0 radical (unpaired) electrons. The van der Waals surface area contributed by atoms with Crippen LogP contribution in [-0.4, -0.2) is 14.9 Å². The number of hydrogen-bond donors (Lipinski definition) is 1. The Kier molecular flexibility index (Phi) is 2.39. The highest BCUT2D eigenvalue weighted by molar-refractivity contribution is 6.32. The zero-order chi connectivity index (χ0) is 10.8. The Bertz CT molecular complexity index is 496. The van der Waals surface area contributed by atoms with Crippen LogP contribution in [0.2, 0.25) is 5.02 Å². The van der Waals surface area contributed by atoms with E-state index in [4.69, 9.17) is 11.6 Å². The molecule has 6 heteroatoms. The number of imidazole rings is 1. The van der Waals surface area contributed by atoms with E-state index in [0.717, 1.165) is 5.56 Å². The number of aromatic amines is 1. The minimum atomic E-state index is -0.520. The second-order valence-corrected chi connectivity index (χ2v) is 3.27. The van der Waals surface area contributed by atoms with Crippen molar-refractivity contribution in [2.75, 3.05) is 0 Å². The van der Waals surface area contributed by atoms with Crippen molar-refractivity contribution in [1.82, 2.24) is 9.97 Å². The van der Waals surface area contributed by atoms with E-state index in [-0.39, 0.29) is 10.7 Å². The predicted octanol–water partition coefficient (Wildman–Crippen LogP) is 2.64. The Labute approximate surface area is 89.9 Å². The number of aromatic nitrogens is 2. The number of nitrogens with zero attached hydrogens (tertiary/aromatic N) is 2. The molecule has 0 atom stereocenters. The Balaban J connectivity index is 2.47. The van der Waals surface area contributed by atoms with Gasteiger partial charge in [-0.3, -0.25) is 10.1 Å². The van der Waals surface area contributed by atoms with Crippen molar-refractivity contribution in [3.05, 3.63) is 45.7 Å². The van der Waals surface area contributed by atoms with E-state index in [1.165, 1.54) is 12.1 Å². The summed E-state index contributed by atoms with van der Waals surface area (Å²) >= 11 is 5.76. The summed E-state index contributed by atoms with van der Waals surface area (Å²) in [5.74, 6) is 0.631. The van der Waals surface area contributed by atoms with Crippen molar-refractivity contribution < 1.29 is 4.92 Å². The van der Waals surface area contributed by atoms with Crippen molar-refractivity contribution in [2.45, 2.75) is 0 Å². The molecule has 5 nitrogen and oxygen atoms in total. The minimum absolute atomic E-state index is 0.105. The van der Waals surface area contributed by atoms with Crippen LogP contribution < -0.4 is 0 Å². The van der Waals surface area contributed by atoms with Gasteiger partial charge in [-0.25, -0.2) is 4.98 Å². The largest absolute Gasteiger partial charge is 0.345 e. The first-order valence-corrected chi connectivity index (χ1v) is 4.50. The lowest BCUT2D eigenvalue weighted by Gasteiger charge is -1.98. The predicted molar refractivity (Wildman–Crippen MR) is 55.7 cm³/mol. The topological polar surface area (TPSA) is 71.8 Å². The fourth-order valence-electron chi connectivity index (χ4n) is 1.23. The summed E-state index contributed by atoms with van der Waals surface area (Å²) in [7, 11) is 0. The molecule has 0 unspecified atom stereocenters. The van der Waals surface area contributed by atoms with Crippen LogP contribution in [0.4, 0.5) is 5.69 Å². The second kappa shape index (κ2) is 3.70. The third-order valence-corrected chi connectivity index (χ3v) is 2.22. The van der Waals surface area contributed by atoms with Crippen LogP contribution in [-0.2, 0) is 0 Å². The van der Waals surface area contributed by atoms with Gasteiger partial charge in [-0.15, -0.1) is 0 Å². The van der Waals surface area contributed by atoms with Crippen LogP contribution in [0.25, 0.3) is 11.4 Å². The van der Waals surface area contributed by atoms with E-state index in [0.29, 0.717) is 5.82 Å². The highest BCUT2D eigenvalue weighted by atomic mass is 35.5. The number of benzene rings is 1. The van der Waals surface area contributed by atoms with E-state index < -0.39 is 4.92 Å². The Morgan fingerprint density at radius 3 is 2.80 bits per heavy atom. The first-order valence-electron chi connectivity index (χ1n) is 4.12. The molecule has 15 heavy (non-hydrogen) atoms. The average Bonchev–Trinajstić information content (AvgIpc) is 2.69. The Morgan fingerprint density at radius 2 is 2.27 bits per heavy atom. The van der Waals surface area contributed by atoms with E-state index in [9.17, 15) is 10.1 Å². The molecule has 1 aromatic heterocycles. The number of nitro benzene ring substituents is 1. The van der Waals surface area contributed by atoms with Gasteiger partial charge >= 0.3 is 0 Å². The highest BCUT2D eigenvalue weighted by Crippen LogP contribution is 2.28. The third-order valence-electron chi connectivity index (χ3n) is 1.92. The molecule has 1 aromatic carbocycles. The quantitative estimate of drug-likeness (QED) is 0.628. The molecule has 2 aromatic rings. The molecule has 0 aliphatic carbocycles. The van der Waals surface area contributed by atoms with Crippen LogP contribution >= 0.6 is 11.6 Å². The molecule has 0 fully saturated rings. The SMILES string of the molecule is O=[N+]([O-])c1ccc(-c2ncc[nH]2)cc1Cl. The molecule has 0 saturated carbocycles. The summed E-state index contributed by atoms with van der Waals surface area (Å²) < 4.78 is 0. The van der Waals surface area contributed by atoms with Crippen molar-refractivity contribution in [2.24, 2.45) is 0 Å². The van der Waals surface area contributed by atoms with Crippen LogP contribution in [0.3, 0.4) is 0 Å². The summed E-state index contributed by atoms with van der Waals surface area (Å²) in [6.07, 6.45) is 3.27. The smallest absolute Gasteiger partial charge is 0.287 e. The summed E-state index contributed by atoms with van der Waals surface area (Å²) in [6.45, 7) is 0. The van der Waals surface area contributed by atoms with E-state index in [2.05, 4.69) is 9.97 Å². The van der Waals surface area contributed by atoms with Crippen LogP contribution in [0.5, 0.6) is 0 Å². The molecule has 76 valence electrons. The van der Waals surface area contributed by atoms with Gasteiger partial charge in [-0.2, -0.15) is 0 Å².